The lowest BCUT2D eigenvalue weighted by Gasteiger charge is -2.23. The highest BCUT2D eigenvalue weighted by Gasteiger charge is 2.11. The first-order valence-electron chi connectivity index (χ1n) is 6.77. The fourth-order valence-corrected chi connectivity index (χ4v) is 2.00. The van der Waals surface area contributed by atoms with Crippen molar-refractivity contribution in [2.75, 3.05) is 17.3 Å². The summed E-state index contributed by atoms with van der Waals surface area (Å²) in [6.07, 6.45) is 3.90. The Morgan fingerprint density at radius 2 is 2.05 bits per heavy atom. The molecule has 0 fully saturated rings. The number of aryl methyl sites for hydroxylation is 1. The molecular formula is C15H23N5. The molecule has 0 radical (unpaired) electrons. The molecule has 2 rings (SSSR count). The molecule has 0 aliphatic rings. The minimum absolute atomic E-state index is 0.00748. The van der Waals surface area contributed by atoms with Crippen LogP contribution in [-0.4, -0.2) is 27.4 Å². The molecule has 2 heterocycles. The summed E-state index contributed by atoms with van der Waals surface area (Å²) in [4.78, 5) is 6.76. The van der Waals surface area contributed by atoms with E-state index in [-0.39, 0.29) is 5.54 Å². The number of rotatable bonds is 4. The molecule has 0 aromatic carbocycles. The molecule has 108 valence electrons. The number of hydrogen-bond donors (Lipinski definition) is 1. The van der Waals surface area contributed by atoms with Gasteiger partial charge in [0.15, 0.2) is 0 Å². The maximum absolute atomic E-state index is 4.65. The Balaban J connectivity index is 2.10. The zero-order chi connectivity index (χ0) is 14.8. The van der Waals surface area contributed by atoms with Gasteiger partial charge in [-0.1, -0.05) is 6.07 Å². The molecule has 0 unspecified atom stereocenters. The van der Waals surface area contributed by atoms with Gasteiger partial charge in [-0.05, 0) is 32.9 Å². The van der Waals surface area contributed by atoms with Crippen molar-refractivity contribution in [3.63, 3.8) is 0 Å². The van der Waals surface area contributed by atoms with Gasteiger partial charge < -0.3 is 10.2 Å². The zero-order valence-corrected chi connectivity index (χ0v) is 12.9. The van der Waals surface area contributed by atoms with Gasteiger partial charge in [0.25, 0.3) is 0 Å². The van der Waals surface area contributed by atoms with Crippen LogP contribution in [0.25, 0.3) is 0 Å². The van der Waals surface area contributed by atoms with Gasteiger partial charge in [0.05, 0.1) is 6.20 Å². The molecule has 0 atom stereocenters. The minimum Gasteiger partial charge on any atom is -0.365 e. The smallest absolute Gasteiger partial charge is 0.130 e. The summed E-state index contributed by atoms with van der Waals surface area (Å²) in [7, 11) is 3.96. The summed E-state index contributed by atoms with van der Waals surface area (Å²) >= 11 is 0. The summed E-state index contributed by atoms with van der Waals surface area (Å²) in [6, 6.07) is 6.03. The van der Waals surface area contributed by atoms with Crippen molar-refractivity contribution in [2.24, 2.45) is 7.05 Å². The second-order valence-corrected chi connectivity index (χ2v) is 6.13. The molecule has 5 nitrogen and oxygen atoms in total. The number of pyridine rings is 1. The second-order valence-electron chi connectivity index (χ2n) is 6.13. The third kappa shape index (κ3) is 3.98. The Morgan fingerprint density at radius 3 is 2.65 bits per heavy atom. The van der Waals surface area contributed by atoms with E-state index in [1.165, 1.54) is 5.56 Å². The van der Waals surface area contributed by atoms with Gasteiger partial charge in [0.1, 0.15) is 11.6 Å². The summed E-state index contributed by atoms with van der Waals surface area (Å²) < 4.78 is 1.81. The molecular weight excluding hydrogens is 250 g/mol. The largest absolute Gasteiger partial charge is 0.365 e. The van der Waals surface area contributed by atoms with Crippen molar-refractivity contribution >= 4 is 11.6 Å². The van der Waals surface area contributed by atoms with Gasteiger partial charge in [-0.3, -0.25) is 4.68 Å². The first-order valence-corrected chi connectivity index (χ1v) is 6.77. The van der Waals surface area contributed by atoms with Crippen molar-refractivity contribution in [1.82, 2.24) is 14.8 Å². The van der Waals surface area contributed by atoms with Gasteiger partial charge in [-0.25, -0.2) is 4.98 Å². The topological polar surface area (TPSA) is 46.0 Å². The molecule has 0 amide bonds. The summed E-state index contributed by atoms with van der Waals surface area (Å²) in [5, 5.41) is 7.58. The Morgan fingerprint density at radius 1 is 1.30 bits per heavy atom. The van der Waals surface area contributed by atoms with E-state index in [9.17, 15) is 0 Å². The average molecular weight is 273 g/mol. The van der Waals surface area contributed by atoms with Crippen LogP contribution in [0.5, 0.6) is 0 Å². The van der Waals surface area contributed by atoms with Crippen LogP contribution in [0.3, 0.4) is 0 Å². The third-order valence-corrected chi connectivity index (χ3v) is 2.81. The third-order valence-electron chi connectivity index (χ3n) is 2.81. The zero-order valence-electron chi connectivity index (χ0n) is 12.9. The van der Waals surface area contributed by atoms with E-state index in [4.69, 9.17) is 0 Å². The van der Waals surface area contributed by atoms with Crippen LogP contribution in [-0.2, 0) is 13.6 Å². The SMILES string of the molecule is CN(Cc1cnn(C)c1)c1cccc(NC(C)(C)C)n1. The Kier molecular flexibility index (Phi) is 3.97. The van der Waals surface area contributed by atoms with Crippen LogP contribution in [0.1, 0.15) is 26.3 Å². The second kappa shape index (κ2) is 5.53. The number of nitrogens with one attached hydrogen (secondary N) is 1. The molecule has 0 spiro atoms. The molecule has 2 aromatic heterocycles. The lowest BCUT2D eigenvalue weighted by Crippen LogP contribution is -2.27. The van der Waals surface area contributed by atoms with Gasteiger partial charge in [-0.15, -0.1) is 0 Å². The number of hydrogen-bond acceptors (Lipinski definition) is 4. The summed E-state index contributed by atoms with van der Waals surface area (Å²) in [5.74, 6) is 1.84. The van der Waals surface area contributed by atoms with Crippen molar-refractivity contribution in [1.29, 1.82) is 0 Å². The van der Waals surface area contributed by atoms with Gasteiger partial charge in [-0.2, -0.15) is 5.10 Å². The summed E-state index contributed by atoms with van der Waals surface area (Å²) in [5.41, 5.74) is 1.18. The van der Waals surface area contributed by atoms with Crippen molar-refractivity contribution in [3.05, 3.63) is 36.2 Å². The van der Waals surface area contributed by atoms with E-state index >= 15 is 0 Å². The van der Waals surface area contributed by atoms with Crippen LogP contribution in [0.2, 0.25) is 0 Å². The fourth-order valence-electron chi connectivity index (χ4n) is 2.00. The van der Waals surface area contributed by atoms with E-state index in [0.717, 1.165) is 18.2 Å². The minimum atomic E-state index is 0.00748. The number of nitrogens with zero attached hydrogens (tertiary/aromatic N) is 4. The molecule has 0 saturated carbocycles. The number of aromatic nitrogens is 3. The molecule has 20 heavy (non-hydrogen) atoms. The monoisotopic (exact) mass is 273 g/mol. The molecule has 0 aliphatic heterocycles. The van der Waals surface area contributed by atoms with E-state index in [1.807, 2.05) is 49.4 Å². The normalized spacial score (nSPS) is 11.4. The maximum Gasteiger partial charge on any atom is 0.130 e. The first-order chi connectivity index (χ1) is 9.33. The predicted octanol–water partition coefficient (Wildman–Crippen LogP) is 2.66. The van der Waals surface area contributed by atoms with Crippen LogP contribution in [0, 0.1) is 0 Å². The van der Waals surface area contributed by atoms with Crippen molar-refractivity contribution < 1.29 is 0 Å². The molecule has 0 saturated heterocycles. The lowest BCUT2D eigenvalue weighted by atomic mass is 10.1. The Bertz CT molecular complexity index is 568. The standard InChI is InChI=1S/C15H23N5/c1-15(2,3)18-13-7-6-8-14(17-13)19(4)10-12-9-16-20(5)11-12/h6-9,11H,10H2,1-5H3,(H,17,18). The van der Waals surface area contributed by atoms with E-state index in [0.29, 0.717) is 0 Å². The molecule has 1 N–H and O–H groups in total. The van der Waals surface area contributed by atoms with Crippen molar-refractivity contribution in [2.45, 2.75) is 32.9 Å². The van der Waals surface area contributed by atoms with E-state index in [1.54, 1.807) is 0 Å². The van der Waals surface area contributed by atoms with Crippen LogP contribution in [0.4, 0.5) is 11.6 Å². The van der Waals surface area contributed by atoms with Gasteiger partial charge in [0, 0.05) is 37.9 Å². The highest BCUT2D eigenvalue weighted by Crippen LogP contribution is 2.18. The average Bonchev–Trinajstić information content (AvgIpc) is 2.73. The molecule has 0 aliphatic carbocycles. The molecule has 0 bridgehead atoms. The van der Waals surface area contributed by atoms with E-state index in [2.05, 4.69) is 41.1 Å². The quantitative estimate of drug-likeness (QED) is 0.930. The maximum atomic E-state index is 4.65. The molecule has 2 aromatic rings. The van der Waals surface area contributed by atoms with E-state index < -0.39 is 0 Å². The fraction of sp³-hybridized carbons (Fsp3) is 0.467. The van der Waals surface area contributed by atoms with Crippen molar-refractivity contribution in [3.8, 4) is 0 Å². The first kappa shape index (κ1) is 14.4. The number of anilines is 2. The van der Waals surface area contributed by atoms with Crippen LogP contribution < -0.4 is 10.2 Å². The Hall–Kier alpha value is -2.04. The highest BCUT2D eigenvalue weighted by atomic mass is 15.2. The molecule has 5 heteroatoms. The van der Waals surface area contributed by atoms with Gasteiger partial charge >= 0.3 is 0 Å². The lowest BCUT2D eigenvalue weighted by molar-refractivity contribution is 0.630. The van der Waals surface area contributed by atoms with Crippen LogP contribution >= 0.6 is 0 Å². The highest BCUT2D eigenvalue weighted by molar-refractivity contribution is 5.47. The Labute approximate surface area is 120 Å². The summed E-state index contributed by atoms with van der Waals surface area (Å²) in [6.45, 7) is 7.17. The van der Waals surface area contributed by atoms with Gasteiger partial charge in [0.2, 0.25) is 0 Å². The van der Waals surface area contributed by atoms with Crippen LogP contribution in [0.15, 0.2) is 30.6 Å². The predicted molar refractivity (Wildman–Crippen MR) is 82.9 cm³/mol.